The summed E-state index contributed by atoms with van der Waals surface area (Å²) >= 11 is 5.80. The highest BCUT2D eigenvalue weighted by molar-refractivity contribution is 6.29. The summed E-state index contributed by atoms with van der Waals surface area (Å²) in [4.78, 5) is 17.6. The summed E-state index contributed by atoms with van der Waals surface area (Å²) < 4.78 is 0. The molecule has 1 amide bonds. The molecule has 1 aromatic rings. The van der Waals surface area contributed by atoms with Gasteiger partial charge in [0.2, 0.25) is 0 Å². The number of amides is 1. The molecule has 0 fully saturated rings. The van der Waals surface area contributed by atoms with E-state index in [9.17, 15) is 4.79 Å². The predicted molar refractivity (Wildman–Crippen MR) is 64.4 cm³/mol. The lowest BCUT2D eigenvalue weighted by molar-refractivity contribution is 0.0784. The Balaban J connectivity index is 2.99. The second-order valence-corrected chi connectivity index (χ2v) is 3.73. The topological polar surface area (TPSA) is 33.2 Å². The number of rotatable bonds is 3. The van der Waals surface area contributed by atoms with Gasteiger partial charge in [-0.3, -0.25) is 4.79 Å². The van der Waals surface area contributed by atoms with Gasteiger partial charge >= 0.3 is 0 Å². The number of hydrogen-bond donors (Lipinski definition) is 0. The number of aryl methyl sites for hydroxylation is 1. The molecule has 0 saturated carbocycles. The van der Waals surface area contributed by atoms with Crippen LogP contribution in [0.3, 0.4) is 0 Å². The molecule has 0 aliphatic rings. The van der Waals surface area contributed by atoms with Crippen LogP contribution in [0, 0.1) is 19.3 Å². The fourth-order valence-electron chi connectivity index (χ4n) is 1.37. The van der Waals surface area contributed by atoms with Crippen molar-refractivity contribution in [1.82, 2.24) is 9.88 Å². The van der Waals surface area contributed by atoms with Gasteiger partial charge in [-0.15, -0.1) is 6.42 Å². The average molecular weight is 237 g/mol. The van der Waals surface area contributed by atoms with Crippen LogP contribution in [0.2, 0.25) is 5.15 Å². The summed E-state index contributed by atoms with van der Waals surface area (Å²) in [6.07, 6.45) is 5.20. The fraction of sp³-hybridized carbons (Fsp3) is 0.333. The molecule has 0 radical (unpaired) electrons. The molecule has 3 nitrogen and oxygen atoms in total. The number of pyridine rings is 1. The van der Waals surface area contributed by atoms with Crippen LogP contribution < -0.4 is 0 Å². The number of halogens is 1. The molecule has 0 spiro atoms. The summed E-state index contributed by atoms with van der Waals surface area (Å²) in [5.41, 5.74) is 1.24. The second-order valence-electron chi connectivity index (χ2n) is 3.34. The van der Waals surface area contributed by atoms with Crippen molar-refractivity contribution in [1.29, 1.82) is 0 Å². The molecule has 1 heterocycles. The molecule has 1 aromatic heterocycles. The molecule has 0 atom stereocenters. The SMILES string of the molecule is C#CCN(CC)C(=O)c1cc(C)nc(Cl)c1. The van der Waals surface area contributed by atoms with Crippen LogP contribution in [0.15, 0.2) is 12.1 Å². The summed E-state index contributed by atoms with van der Waals surface area (Å²) in [7, 11) is 0. The van der Waals surface area contributed by atoms with Gasteiger partial charge in [0.05, 0.1) is 6.54 Å². The second kappa shape index (κ2) is 5.53. The molecule has 4 heteroatoms. The lowest BCUT2D eigenvalue weighted by atomic mass is 10.2. The monoisotopic (exact) mass is 236 g/mol. The number of nitrogens with zero attached hydrogens (tertiary/aromatic N) is 2. The Hall–Kier alpha value is -1.53. The number of hydrogen-bond acceptors (Lipinski definition) is 2. The van der Waals surface area contributed by atoms with E-state index in [1.165, 1.54) is 0 Å². The van der Waals surface area contributed by atoms with Gasteiger partial charge in [0.15, 0.2) is 0 Å². The Morgan fingerprint density at radius 2 is 2.31 bits per heavy atom. The van der Waals surface area contributed by atoms with Crippen molar-refractivity contribution in [2.45, 2.75) is 13.8 Å². The summed E-state index contributed by atoms with van der Waals surface area (Å²) in [5, 5.41) is 0.320. The Labute approximate surface area is 100 Å². The van der Waals surface area contributed by atoms with Crippen LogP contribution in [0.5, 0.6) is 0 Å². The van der Waals surface area contributed by atoms with E-state index in [2.05, 4.69) is 10.9 Å². The lowest BCUT2D eigenvalue weighted by Gasteiger charge is -2.18. The van der Waals surface area contributed by atoms with Crippen molar-refractivity contribution in [3.05, 3.63) is 28.5 Å². The summed E-state index contributed by atoms with van der Waals surface area (Å²) in [6, 6.07) is 3.25. The minimum Gasteiger partial charge on any atom is -0.328 e. The van der Waals surface area contributed by atoms with Crippen LogP contribution in [0.4, 0.5) is 0 Å². The van der Waals surface area contributed by atoms with E-state index in [-0.39, 0.29) is 5.91 Å². The van der Waals surface area contributed by atoms with Crippen molar-refractivity contribution in [2.75, 3.05) is 13.1 Å². The van der Waals surface area contributed by atoms with Crippen molar-refractivity contribution in [3.8, 4) is 12.3 Å². The standard InChI is InChI=1S/C12H13ClN2O/c1-4-6-15(5-2)12(16)10-7-9(3)14-11(13)8-10/h1,7-8H,5-6H2,2-3H3. The Morgan fingerprint density at radius 3 is 2.81 bits per heavy atom. The molecule has 16 heavy (non-hydrogen) atoms. The first-order chi connectivity index (χ1) is 7.58. The zero-order chi connectivity index (χ0) is 12.1. The average Bonchev–Trinajstić information content (AvgIpc) is 2.23. The van der Waals surface area contributed by atoms with Gasteiger partial charge in [-0.1, -0.05) is 17.5 Å². The smallest absolute Gasteiger partial charge is 0.254 e. The quantitative estimate of drug-likeness (QED) is 0.595. The lowest BCUT2D eigenvalue weighted by Crippen LogP contribution is -2.31. The number of carbonyl (C=O) groups excluding carboxylic acids is 1. The van der Waals surface area contributed by atoms with Crippen LogP contribution in [-0.2, 0) is 0 Å². The first kappa shape index (κ1) is 12.5. The molecule has 0 saturated heterocycles. The molecule has 0 aromatic carbocycles. The minimum absolute atomic E-state index is 0.118. The van der Waals surface area contributed by atoms with E-state index in [4.69, 9.17) is 18.0 Å². The van der Waals surface area contributed by atoms with Gasteiger partial charge in [0.1, 0.15) is 5.15 Å². The highest BCUT2D eigenvalue weighted by Gasteiger charge is 2.14. The molecule has 0 aliphatic heterocycles. The van der Waals surface area contributed by atoms with Gasteiger partial charge in [-0.2, -0.15) is 0 Å². The number of aromatic nitrogens is 1. The first-order valence-corrected chi connectivity index (χ1v) is 5.33. The zero-order valence-corrected chi connectivity index (χ0v) is 10.1. The van der Waals surface area contributed by atoms with Gasteiger partial charge in [-0.25, -0.2) is 4.98 Å². The van der Waals surface area contributed by atoms with E-state index in [0.717, 1.165) is 0 Å². The Kier molecular flexibility index (Phi) is 4.33. The van der Waals surface area contributed by atoms with Crippen LogP contribution in [0.1, 0.15) is 23.0 Å². The van der Waals surface area contributed by atoms with Crippen LogP contribution >= 0.6 is 11.6 Å². The third-order valence-electron chi connectivity index (χ3n) is 2.12. The molecule has 0 N–H and O–H groups in total. The molecule has 1 rings (SSSR count). The zero-order valence-electron chi connectivity index (χ0n) is 9.33. The normalized spacial score (nSPS) is 9.62. The van der Waals surface area contributed by atoms with Gasteiger partial charge < -0.3 is 4.90 Å². The summed E-state index contributed by atoms with van der Waals surface area (Å²) in [6.45, 7) is 4.54. The molecular weight excluding hydrogens is 224 g/mol. The van der Waals surface area contributed by atoms with Gasteiger partial charge in [-0.05, 0) is 26.0 Å². The van der Waals surface area contributed by atoms with E-state index >= 15 is 0 Å². The van der Waals surface area contributed by atoms with Crippen molar-refractivity contribution in [2.24, 2.45) is 0 Å². The van der Waals surface area contributed by atoms with Crippen LogP contribution in [0.25, 0.3) is 0 Å². The van der Waals surface area contributed by atoms with Crippen molar-refractivity contribution in [3.63, 3.8) is 0 Å². The van der Waals surface area contributed by atoms with E-state index in [1.54, 1.807) is 24.0 Å². The first-order valence-electron chi connectivity index (χ1n) is 4.95. The largest absolute Gasteiger partial charge is 0.328 e. The van der Waals surface area contributed by atoms with E-state index in [0.29, 0.717) is 29.5 Å². The molecule has 84 valence electrons. The maximum absolute atomic E-state index is 12.0. The molecule has 0 unspecified atom stereocenters. The fourth-order valence-corrected chi connectivity index (χ4v) is 1.62. The Morgan fingerprint density at radius 1 is 1.62 bits per heavy atom. The minimum atomic E-state index is -0.118. The van der Waals surface area contributed by atoms with Gasteiger partial charge in [0, 0.05) is 17.8 Å². The maximum Gasteiger partial charge on any atom is 0.254 e. The molecular formula is C12H13ClN2O. The number of carbonyl (C=O) groups is 1. The molecule has 0 bridgehead atoms. The van der Waals surface area contributed by atoms with E-state index in [1.807, 2.05) is 6.92 Å². The maximum atomic E-state index is 12.0. The summed E-state index contributed by atoms with van der Waals surface area (Å²) in [5.74, 6) is 2.34. The highest BCUT2D eigenvalue weighted by Crippen LogP contribution is 2.12. The third-order valence-corrected chi connectivity index (χ3v) is 2.31. The molecule has 0 aliphatic carbocycles. The predicted octanol–water partition coefficient (Wildman–Crippen LogP) is 2.14. The third kappa shape index (κ3) is 2.98. The van der Waals surface area contributed by atoms with Gasteiger partial charge in [0.25, 0.3) is 5.91 Å². The number of terminal acetylenes is 1. The van der Waals surface area contributed by atoms with Crippen LogP contribution in [-0.4, -0.2) is 28.9 Å². The highest BCUT2D eigenvalue weighted by atomic mass is 35.5. The van der Waals surface area contributed by atoms with Crippen molar-refractivity contribution < 1.29 is 4.79 Å². The van der Waals surface area contributed by atoms with Crippen molar-refractivity contribution >= 4 is 17.5 Å². The van der Waals surface area contributed by atoms with E-state index < -0.39 is 0 Å². The Bertz CT molecular complexity index is 417.